The summed E-state index contributed by atoms with van der Waals surface area (Å²) < 4.78 is 0.927. The molecule has 0 radical (unpaired) electrons. The Hall–Kier alpha value is -2.56. The number of nitrogens with zero attached hydrogens (tertiary/aromatic N) is 1. The lowest BCUT2D eigenvalue weighted by Crippen LogP contribution is -2.27. The maximum Gasteiger partial charge on any atom is 0.256 e. The Labute approximate surface area is 157 Å². The molecular formula is C22H20N2OS. The molecule has 0 saturated heterocycles. The molecule has 1 aromatic heterocycles. The van der Waals surface area contributed by atoms with Crippen molar-refractivity contribution in [3.05, 3.63) is 83.7 Å². The summed E-state index contributed by atoms with van der Waals surface area (Å²) in [5.74, 6) is 0. The second-order valence-corrected chi connectivity index (χ2v) is 7.29. The fourth-order valence-corrected chi connectivity index (χ4v) is 4.52. The Bertz CT molecular complexity index is 1020. The molecule has 0 amide bonds. The van der Waals surface area contributed by atoms with Crippen LogP contribution in [0.15, 0.2) is 82.8 Å². The number of hydrogen-bond acceptors (Lipinski definition) is 3. The number of hydrogen-bond donors (Lipinski definition) is 1. The van der Waals surface area contributed by atoms with E-state index in [-0.39, 0.29) is 0 Å². The van der Waals surface area contributed by atoms with Gasteiger partial charge in [0, 0.05) is 17.0 Å². The van der Waals surface area contributed by atoms with Gasteiger partial charge in [-0.1, -0.05) is 48.5 Å². The third-order valence-electron chi connectivity index (χ3n) is 4.62. The van der Waals surface area contributed by atoms with Gasteiger partial charge >= 0.3 is 0 Å². The molecule has 26 heavy (non-hydrogen) atoms. The quantitative estimate of drug-likeness (QED) is 0.320. The van der Waals surface area contributed by atoms with Crippen LogP contribution in [0.5, 0.6) is 0 Å². The van der Waals surface area contributed by atoms with Gasteiger partial charge in [0.25, 0.3) is 5.03 Å². The van der Waals surface area contributed by atoms with Crippen molar-refractivity contribution in [2.75, 3.05) is 6.54 Å². The zero-order chi connectivity index (χ0) is 17.9. The van der Waals surface area contributed by atoms with Crippen molar-refractivity contribution in [3.8, 4) is 0 Å². The van der Waals surface area contributed by atoms with Crippen molar-refractivity contribution < 1.29 is 4.73 Å². The highest BCUT2D eigenvalue weighted by atomic mass is 32.2. The third kappa shape index (κ3) is 3.02. The normalized spacial score (nSPS) is 11.3. The van der Waals surface area contributed by atoms with Gasteiger partial charge in [0.15, 0.2) is 6.20 Å². The van der Waals surface area contributed by atoms with E-state index in [0.29, 0.717) is 11.6 Å². The SMILES string of the molecule is NCCCc1c2ccccc2c(Sc2cccc[n+]2[O-])c2ccccc12. The van der Waals surface area contributed by atoms with Crippen molar-refractivity contribution in [2.24, 2.45) is 5.73 Å². The van der Waals surface area contributed by atoms with E-state index >= 15 is 0 Å². The van der Waals surface area contributed by atoms with Gasteiger partial charge in [-0.25, -0.2) is 0 Å². The van der Waals surface area contributed by atoms with E-state index in [4.69, 9.17) is 5.73 Å². The highest BCUT2D eigenvalue weighted by Crippen LogP contribution is 2.41. The molecule has 0 aliphatic carbocycles. The van der Waals surface area contributed by atoms with Crippen molar-refractivity contribution in [1.29, 1.82) is 0 Å². The lowest BCUT2D eigenvalue weighted by molar-refractivity contribution is -0.645. The van der Waals surface area contributed by atoms with Gasteiger partial charge in [0.2, 0.25) is 0 Å². The first-order valence-electron chi connectivity index (χ1n) is 8.78. The van der Waals surface area contributed by atoms with Gasteiger partial charge in [0.1, 0.15) is 0 Å². The molecular weight excluding hydrogens is 340 g/mol. The summed E-state index contributed by atoms with van der Waals surface area (Å²) in [6.45, 7) is 0.680. The Balaban J connectivity index is 2.01. The Morgan fingerprint density at radius 2 is 1.38 bits per heavy atom. The largest absolute Gasteiger partial charge is 0.618 e. The maximum atomic E-state index is 12.2. The summed E-state index contributed by atoms with van der Waals surface area (Å²) in [4.78, 5) is 1.13. The molecule has 0 aliphatic heterocycles. The number of nitrogens with two attached hydrogens (primary N) is 1. The zero-order valence-corrected chi connectivity index (χ0v) is 15.2. The van der Waals surface area contributed by atoms with E-state index in [9.17, 15) is 5.21 Å². The Morgan fingerprint density at radius 1 is 0.808 bits per heavy atom. The van der Waals surface area contributed by atoms with Crippen LogP contribution in [0, 0.1) is 5.21 Å². The fourth-order valence-electron chi connectivity index (χ4n) is 3.43. The molecule has 0 atom stereocenters. The molecule has 1 heterocycles. The van der Waals surface area contributed by atoms with Crippen molar-refractivity contribution in [1.82, 2.24) is 0 Å². The first kappa shape index (κ1) is 16.9. The summed E-state index contributed by atoms with van der Waals surface area (Å²) >= 11 is 1.53. The second kappa shape index (κ2) is 7.36. The van der Waals surface area contributed by atoms with Gasteiger partial charge in [-0.3, -0.25) is 0 Å². The number of benzene rings is 3. The van der Waals surface area contributed by atoms with Crippen LogP contribution in [0.2, 0.25) is 0 Å². The van der Waals surface area contributed by atoms with Gasteiger partial charge in [0.05, 0.1) is 0 Å². The van der Waals surface area contributed by atoms with Crippen molar-refractivity contribution >= 4 is 33.3 Å². The predicted octanol–water partition coefficient (Wildman–Crippen LogP) is 4.67. The molecule has 0 bridgehead atoms. The van der Waals surface area contributed by atoms with Crippen LogP contribution in [0.4, 0.5) is 0 Å². The fraction of sp³-hybridized carbons (Fsp3) is 0.136. The van der Waals surface area contributed by atoms with Gasteiger partial charge in [-0.05, 0) is 64.3 Å². The Kier molecular flexibility index (Phi) is 4.78. The maximum absolute atomic E-state index is 12.2. The number of rotatable bonds is 5. The number of pyridine rings is 1. The van der Waals surface area contributed by atoms with Gasteiger partial charge < -0.3 is 10.9 Å². The van der Waals surface area contributed by atoms with Gasteiger partial charge in [-0.15, -0.1) is 0 Å². The van der Waals surface area contributed by atoms with Crippen LogP contribution < -0.4 is 10.5 Å². The number of aryl methyl sites for hydroxylation is 1. The summed E-state index contributed by atoms with van der Waals surface area (Å²) in [7, 11) is 0. The van der Waals surface area contributed by atoms with Crippen LogP contribution in [0.1, 0.15) is 12.0 Å². The molecule has 2 N–H and O–H groups in total. The minimum Gasteiger partial charge on any atom is -0.618 e. The van der Waals surface area contributed by atoms with Crippen LogP contribution in [0.3, 0.4) is 0 Å². The van der Waals surface area contributed by atoms with Crippen LogP contribution >= 0.6 is 11.8 Å². The van der Waals surface area contributed by atoms with E-state index in [1.54, 1.807) is 12.3 Å². The molecule has 0 fully saturated rings. The summed E-state index contributed by atoms with van der Waals surface area (Å²) in [5, 5.41) is 17.7. The smallest absolute Gasteiger partial charge is 0.256 e. The first-order chi connectivity index (χ1) is 12.8. The zero-order valence-electron chi connectivity index (χ0n) is 14.4. The lowest BCUT2D eigenvalue weighted by atomic mass is 9.94. The highest BCUT2D eigenvalue weighted by molar-refractivity contribution is 7.99. The minimum absolute atomic E-state index is 0.678. The first-order valence-corrected chi connectivity index (χ1v) is 9.59. The third-order valence-corrected chi connectivity index (χ3v) is 5.79. The summed E-state index contributed by atoms with van der Waals surface area (Å²) in [6.07, 6.45) is 3.46. The van der Waals surface area contributed by atoms with E-state index in [1.165, 1.54) is 38.9 Å². The predicted molar refractivity (Wildman–Crippen MR) is 108 cm³/mol. The van der Waals surface area contributed by atoms with E-state index < -0.39 is 0 Å². The molecule has 4 heteroatoms. The van der Waals surface area contributed by atoms with Crippen molar-refractivity contribution in [2.45, 2.75) is 22.8 Å². The average Bonchev–Trinajstić information content (AvgIpc) is 2.69. The standard InChI is InChI=1S/C22H20N2OS/c23-14-7-12-16-17-8-1-3-10-19(17)22(20-11-4-2-9-18(16)20)26-21-13-5-6-15-24(21)25/h1-6,8-11,13,15H,7,12,14,23H2. The van der Waals surface area contributed by atoms with E-state index in [1.807, 2.05) is 12.1 Å². The molecule has 3 aromatic carbocycles. The molecule has 0 aliphatic rings. The second-order valence-electron chi connectivity index (χ2n) is 6.26. The highest BCUT2D eigenvalue weighted by Gasteiger charge is 2.16. The molecule has 0 unspecified atom stereocenters. The topological polar surface area (TPSA) is 53.0 Å². The lowest BCUT2D eigenvalue weighted by Gasteiger charge is -2.16. The summed E-state index contributed by atoms with van der Waals surface area (Å²) in [5.41, 5.74) is 7.11. The molecule has 130 valence electrons. The molecule has 4 aromatic rings. The average molecular weight is 360 g/mol. The molecule has 0 saturated carbocycles. The van der Waals surface area contributed by atoms with Crippen LogP contribution in [-0.2, 0) is 6.42 Å². The summed E-state index contributed by atoms with van der Waals surface area (Å²) in [6, 6.07) is 22.4. The number of fused-ring (bicyclic) bond motifs is 2. The van der Waals surface area contributed by atoms with Crippen molar-refractivity contribution in [3.63, 3.8) is 0 Å². The molecule has 0 spiro atoms. The van der Waals surface area contributed by atoms with E-state index in [2.05, 4.69) is 48.5 Å². The Morgan fingerprint density at radius 3 is 1.96 bits per heavy atom. The molecule has 3 nitrogen and oxygen atoms in total. The van der Waals surface area contributed by atoms with E-state index in [0.717, 1.165) is 22.5 Å². The van der Waals surface area contributed by atoms with Crippen LogP contribution in [-0.4, -0.2) is 6.54 Å². The number of aromatic nitrogens is 1. The minimum atomic E-state index is 0.678. The molecule has 4 rings (SSSR count). The van der Waals surface area contributed by atoms with Crippen LogP contribution in [0.25, 0.3) is 21.5 Å². The monoisotopic (exact) mass is 360 g/mol. The van der Waals surface area contributed by atoms with Gasteiger partial charge in [-0.2, -0.15) is 4.73 Å².